The van der Waals surface area contributed by atoms with E-state index in [-0.39, 0.29) is 23.6 Å². The highest BCUT2D eigenvalue weighted by Crippen LogP contribution is 2.29. The van der Waals surface area contributed by atoms with Crippen molar-refractivity contribution in [1.82, 2.24) is 10.3 Å². The number of carbonyl (C=O) groups is 1. The zero-order valence-electron chi connectivity index (χ0n) is 12.9. The smallest absolute Gasteiger partial charge is 0.251 e. The summed E-state index contributed by atoms with van der Waals surface area (Å²) >= 11 is 0. The number of amides is 1. The molecule has 1 amide bonds. The fraction of sp³-hybridized carbons (Fsp3) is 0.211. The molecule has 1 unspecified atom stereocenters. The third kappa shape index (κ3) is 2.66. The van der Waals surface area contributed by atoms with Gasteiger partial charge in [0.15, 0.2) is 0 Å². The van der Waals surface area contributed by atoms with Crippen LogP contribution in [0.2, 0.25) is 0 Å². The average Bonchev–Trinajstić information content (AvgIpc) is 2.92. The molecule has 0 spiro atoms. The molecule has 1 aliphatic rings. The highest BCUT2D eigenvalue weighted by Gasteiger charge is 2.24. The van der Waals surface area contributed by atoms with Crippen LogP contribution in [0.25, 0.3) is 10.9 Å². The number of halogens is 2. The molecule has 2 N–H and O–H groups in total. The standard InChI is InChI=1S/C19H16F2N2O/c20-12-3-1-11(2-4-12)19(24)22-14-6-8-17-16(10-14)15-7-5-13(21)9-18(15)23-17/h1-5,7,9,14,23H,6,8,10H2,(H,22,24). The van der Waals surface area contributed by atoms with Gasteiger partial charge in [0.05, 0.1) is 0 Å². The van der Waals surface area contributed by atoms with Crippen molar-refractivity contribution in [2.24, 2.45) is 0 Å². The Balaban J connectivity index is 1.54. The molecular weight excluding hydrogens is 310 g/mol. The van der Waals surface area contributed by atoms with Crippen molar-refractivity contribution in [1.29, 1.82) is 0 Å². The van der Waals surface area contributed by atoms with Crippen molar-refractivity contribution >= 4 is 16.8 Å². The van der Waals surface area contributed by atoms with Crippen LogP contribution in [0.3, 0.4) is 0 Å². The number of fused-ring (bicyclic) bond motifs is 3. The second-order valence-electron chi connectivity index (χ2n) is 6.19. The van der Waals surface area contributed by atoms with Crippen molar-refractivity contribution in [3.63, 3.8) is 0 Å². The number of aryl methyl sites for hydroxylation is 1. The molecule has 1 aliphatic carbocycles. The molecule has 4 rings (SSSR count). The topological polar surface area (TPSA) is 44.9 Å². The average molecular weight is 326 g/mol. The number of nitrogens with one attached hydrogen (secondary N) is 2. The number of H-pyrrole nitrogens is 1. The van der Waals surface area contributed by atoms with E-state index in [1.807, 2.05) is 0 Å². The SMILES string of the molecule is O=C(NC1CCc2[nH]c3cc(F)ccc3c2C1)c1ccc(F)cc1. The van der Waals surface area contributed by atoms with Crippen LogP contribution in [0.5, 0.6) is 0 Å². The number of carbonyl (C=O) groups excluding carboxylic acids is 1. The molecule has 3 aromatic rings. The summed E-state index contributed by atoms with van der Waals surface area (Å²) in [7, 11) is 0. The first kappa shape index (κ1) is 14.9. The number of rotatable bonds is 2. The van der Waals surface area contributed by atoms with E-state index in [2.05, 4.69) is 10.3 Å². The Labute approximate surface area is 137 Å². The van der Waals surface area contributed by atoms with Gasteiger partial charge in [-0.3, -0.25) is 4.79 Å². The normalized spacial score (nSPS) is 16.8. The zero-order chi connectivity index (χ0) is 16.7. The van der Waals surface area contributed by atoms with Gasteiger partial charge in [-0.25, -0.2) is 8.78 Å². The third-order valence-electron chi connectivity index (χ3n) is 4.59. The summed E-state index contributed by atoms with van der Waals surface area (Å²) in [6, 6.07) is 10.3. The lowest BCUT2D eigenvalue weighted by Gasteiger charge is -2.23. The van der Waals surface area contributed by atoms with Gasteiger partial charge >= 0.3 is 0 Å². The maximum Gasteiger partial charge on any atom is 0.251 e. The first-order valence-corrected chi connectivity index (χ1v) is 7.95. The maximum absolute atomic E-state index is 13.4. The van der Waals surface area contributed by atoms with E-state index < -0.39 is 0 Å². The predicted octanol–water partition coefficient (Wildman–Crippen LogP) is 3.73. The number of hydrogen-bond acceptors (Lipinski definition) is 1. The summed E-state index contributed by atoms with van der Waals surface area (Å²) in [5.41, 5.74) is 3.50. The minimum atomic E-state index is -0.361. The van der Waals surface area contributed by atoms with Crippen molar-refractivity contribution < 1.29 is 13.6 Å². The van der Waals surface area contributed by atoms with Gasteiger partial charge in [-0.05, 0) is 67.3 Å². The van der Waals surface area contributed by atoms with Crippen LogP contribution in [-0.4, -0.2) is 16.9 Å². The summed E-state index contributed by atoms with van der Waals surface area (Å²) in [4.78, 5) is 15.6. The van der Waals surface area contributed by atoms with Gasteiger partial charge in [0.25, 0.3) is 5.91 Å². The van der Waals surface area contributed by atoms with Gasteiger partial charge in [-0.1, -0.05) is 0 Å². The van der Waals surface area contributed by atoms with Crippen LogP contribution in [-0.2, 0) is 12.8 Å². The largest absolute Gasteiger partial charge is 0.358 e. The van der Waals surface area contributed by atoms with Crippen molar-refractivity contribution in [3.8, 4) is 0 Å². The summed E-state index contributed by atoms with van der Waals surface area (Å²) in [5, 5.41) is 4.02. The van der Waals surface area contributed by atoms with Gasteiger partial charge in [0, 0.05) is 28.2 Å². The third-order valence-corrected chi connectivity index (χ3v) is 4.59. The second kappa shape index (κ2) is 5.74. The Hall–Kier alpha value is -2.69. The molecule has 1 heterocycles. The quantitative estimate of drug-likeness (QED) is 0.740. The number of benzene rings is 2. The Morgan fingerprint density at radius 1 is 1.08 bits per heavy atom. The highest BCUT2D eigenvalue weighted by atomic mass is 19.1. The molecule has 0 radical (unpaired) electrons. The Bertz CT molecular complexity index is 915. The van der Waals surface area contributed by atoms with E-state index in [9.17, 15) is 13.6 Å². The van der Waals surface area contributed by atoms with E-state index in [4.69, 9.17) is 0 Å². The predicted molar refractivity (Wildman–Crippen MR) is 87.9 cm³/mol. The Morgan fingerprint density at radius 2 is 1.83 bits per heavy atom. The molecule has 24 heavy (non-hydrogen) atoms. The van der Waals surface area contributed by atoms with Crippen molar-refractivity contribution in [2.75, 3.05) is 0 Å². The lowest BCUT2D eigenvalue weighted by Crippen LogP contribution is -2.38. The summed E-state index contributed by atoms with van der Waals surface area (Å²) in [5.74, 6) is -0.823. The zero-order valence-corrected chi connectivity index (χ0v) is 12.9. The van der Waals surface area contributed by atoms with E-state index in [0.29, 0.717) is 12.0 Å². The van der Waals surface area contributed by atoms with Crippen LogP contribution < -0.4 is 5.32 Å². The van der Waals surface area contributed by atoms with Gasteiger partial charge in [-0.2, -0.15) is 0 Å². The van der Waals surface area contributed by atoms with Crippen molar-refractivity contribution in [3.05, 3.63) is 70.9 Å². The number of aromatic amines is 1. The number of hydrogen-bond donors (Lipinski definition) is 2. The monoisotopic (exact) mass is 326 g/mol. The first-order valence-electron chi connectivity index (χ1n) is 7.95. The van der Waals surface area contributed by atoms with Gasteiger partial charge < -0.3 is 10.3 Å². The molecule has 1 aromatic heterocycles. The molecule has 0 saturated heterocycles. The molecule has 0 aliphatic heterocycles. The Morgan fingerprint density at radius 3 is 2.62 bits per heavy atom. The lowest BCUT2D eigenvalue weighted by molar-refractivity contribution is 0.0933. The highest BCUT2D eigenvalue weighted by molar-refractivity contribution is 5.94. The minimum absolute atomic E-state index is 0.0131. The van der Waals surface area contributed by atoms with E-state index in [1.54, 1.807) is 6.07 Å². The minimum Gasteiger partial charge on any atom is -0.358 e. The Kier molecular flexibility index (Phi) is 3.56. The van der Waals surface area contributed by atoms with Crippen LogP contribution in [0, 0.1) is 11.6 Å². The fourth-order valence-electron chi connectivity index (χ4n) is 3.39. The molecule has 1 atom stereocenters. The van der Waals surface area contributed by atoms with Gasteiger partial charge in [-0.15, -0.1) is 0 Å². The molecule has 0 bridgehead atoms. The molecule has 5 heteroatoms. The summed E-state index contributed by atoms with van der Waals surface area (Å²) < 4.78 is 26.3. The number of aromatic nitrogens is 1. The molecule has 3 nitrogen and oxygen atoms in total. The van der Waals surface area contributed by atoms with Gasteiger partial charge in [0.2, 0.25) is 0 Å². The molecule has 0 fully saturated rings. The van der Waals surface area contributed by atoms with Crippen LogP contribution in [0.4, 0.5) is 8.78 Å². The van der Waals surface area contributed by atoms with Crippen molar-refractivity contribution in [2.45, 2.75) is 25.3 Å². The first-order chi connectivity index (χ1) is 11.6. The summed E-state index contributed by atoms with van der Waals surface area (Å²) in [6.07, 6.45) is 2.32. The second-order valence-corrected chi connectivity index (χ2v) is 6.19. The van der Waals surface area contributed by atoms with Crippen LogP contribution >= 0.6 is 0 Å². The van der Waals surface area contributed by atoms with E-state index in [0.717, 1.165) is 35.0 Å². The summed E-state index contributed by atoms with van der Waals surface area (Å²) in [6.45, 7) is 0. The molecule has 2 aromatic carbocycles. The lowest BCUT2D eigenvalue weighted by atomic mass is 9.91. The maximum atomic E-state index is 13.4. The molecule has 0 saturated carbocycles. The van der Waals surface area contributed by atoms with Crippen LogP contribution in [0.15, 0.2) is 42.5 Å². The van der Waals surface area contributed by atoms with Crippen LogP contribution in [0.1, 0.15) is 28.0 Å². The molecule has 122 valence electrons. The van der Waals surface area contributed by atoms with E-state index in [1.165, 1.54) is 36.4 Å². The van der Waals surface area contributed by atoms with Gasteiger partial charge in [0.1, 0.15) is 11.6 Å². The van der Waals surface area contributed by atoms with E-state index >= 15 is 0 Å². The molecular formula is C19H16F2N2O. The fourth-order valence-corrected chi connectivity index (χ4v) is 3.39.